The fourth-order valence-corrected chi connectivity index (χ4v) is 2.98. The van der Waals surface area contributed by atoms with Crippen molar-refractivity contribution in [2.24, 2.45) is 0 Å². The van der Waals surface area contributed by atoms with E-state index >= 15 is 0 Å². The van der Waals surface area contributed by atoms with E-state index in [1.54, 1.807) is 6.33 Å². The number of benzene rings is 1. The van der Waals surface area contributed by atoms with Crippen molar-refractivity contribution in [1.29, 1.82) is 0 Å². The van der Waals surface area contributed by atoms with Crippen LogP contribution in [0.3, 0.4) is 0 Å². The third-order valence-electron chi connectivity index (χ3n) is 3.51. The molecule has 0 aliphatic carbocycles. The molecule has 112 valence electrons. The molecule has 1 N–H and O–H groups in total. The van der Waals surface area contributed by atoms with Gasteiger partial charge in [0.25, 0.3) is 0 Å². The summed E-state index contributed by atoms with van der Waals surface area (Å²) in [6.07, 6.45) is 1.77. The second-order valence-electron chi connectivity index (χ2n) is 5.01. The summed E-state index contributed by atoms with van der Waals surface area (Å²) in [5, 5.41) is 18.0. The number of aromatic hydroxyl groups is 1. The van der Waals surface area contributed by atoms with E-state index in [1.807, 2.05) is 19.1 Å². The lowest BCUT2D eigenvalue weighted by atomic mass is 10.1. The Morgan fingerprint density at radius 3 is 3.05 bits per heavy atom. The molecule has 1 aliphatic heterocycles. The van der Waals surface area contributed by atoms with Gasteiger partial charge in [-0.15, -0.1) is 10.2 Å². The number of hydrogen-bond acceptors (Lipinski definition) is 5. The van der Waals surface area contributed by atoms with Crippen molar-refractivity contribution >= 4 is 15.9 Å². The Hall–Kier alpha value is -1.60. The zero-order valence-corrected chi connectivity index (χ0v) is 13.4. The maximum atomic E-state index is 9.95. The van der Waals surface area contributed by atoms with Gasteiger partial charge in [0.05, 0.1) is 17.6 Å². The van der Waals surface area contributed by atoms with Crippen LogP contribution in [0.5, 0.6) is 11.5 Å². The van der Waals surface area contributed by atoms with Crippen molar-refractivity contribution in [3.05, 3.63) is 34.3 Å². The molecule has 1 aromatic heterocycles. The Morgan fingerprint density at radius 2 is 2.24 bits per heavy atom. The minimum Gasteiger partial charge on any atom is -0.503 e. The molecule has 2 aromatic rings. The van der Waals surface area contributed by atoms with E-state index in [9.17, 15) is 5.11 Å². The maximum absolute atomic E-state index is 9.95. The molecular weight excluding hydrogens is 336 g/mol. The Balaban J connectivity index is 1.76. The van der Waals surface area contributed by atoms with Gasteiger partial charge in [-0.2, -0.15) is 0 Å². The first-order chi connectivity index (χ1) is 10.2. The molecule has 0 atom stereocenters. The molecule has 0 bridgehead atoms. The summed E-state index contributed by atoms with van der Waals surface area (Å²) in [7, 11) is 0. The van der Waals surface area contributed by atoms with Crippen LogP contribution in [-0.2, 0) is 19.6 Å². The van der Waals surface area contributed by atoms with E-state index in [2.05, 4.69) is 35.6 Å². The van der Waals surface area contributed by atoms with E-state index in [-0.39, 0.29) is 5.75 Å². The monoisotopic (exact) mass is 352 g/mol. The van der Waals surface area contributed by atoms with Crippen LogP contribution >= 0.6 is 15.9 Å². The molecule has 0 amide bonds. The van der Waals surface area contributed by atoms with Gasteiger partial charge in [0.1, 0.15) is 12.2 Å². The Bertz CT molecular complexity index is 644. The average Bonchev–Trinajstić information content (AvgIpc) is 2.92. The van der Waals surface area contributed by atoms with Crippen LogP contribution in [0.2, 0.25) is 0 Å². The van der Waals surface area contributed by atoms with Crippen LogP contribution in [-0.4, -0.2) is 37.9 Å². The first-order valence-corrected chi connectivity index (χ1v) is 7.70. The number of phenolic OH excluding ortho intramolecular Hbond substituents is 1. The van der Waals surface area contributed by atoms with Gasteiger partial charge in [0.2, 0.25) is 0 Å². The Morgan fingerprint density at radius 1 is 1.38 bits per heavy atom. The standard InChI is InChI=1S/C14H17BrN4O2/c1-2-21-12-6-10(5-11(15)14(12)20)7-18-3-4-19-9-16-17-13(19)8-18/h5-6,9,20H,2-4,7-8H2,1H3. The zero-order valence-electron chi connectivity index (χ0n) is 11.8. The Labute approximate surface area is 131 Å². The van der Waals surface area contributed by atoms with Gasteiger partial charge >= 0.3 is 0 Å². The van der Waals surface area contributed by atoms with Crippen LogP contribution in [0.4, 0.5) is 0 Å². The summed E-state index contributed by atoms with van der Waals surface area (Å²) < 4.78 is 8.20. The molecular formula is C14H17BrN4O2. The van der Waals surface area contributed by atoms with Crippen molar-refractivity contribution in [3.8, 4) is 11.5 Å². The first-order valence-electron chi connectivity index (χ1n) is 6.90. The second kappa shape index (κ2) is 6.03. The number of fused-ring (bicyclic) bond motifs is 1. The van der Waals surface area contributed by atoms with Crippen molar-refractivity contribution in [1.82, 2.24) is 19.7 Å². The molecule has 3 rings (SSSR count). The molecule has 0 fully saturated rings. The number of halogens is 1. The molecule has 6 nitrogen and oxygen atoms in total. The zero-order chi connectivity index (χ0) is 14.8. The SMILES string of the molecule is CCOc1cc(CN2CCn3cnnc3C2)cc(Br)c1O. The minimum absolute atomic E-state index is 0.152. The van der Waals surface area contributed by atoms with Crippen LogP contribution in [0, 0.1) is 0 Å². The van der Waals surface area contributed by atoms with Crippen molar-refractivity contribution in [2.45, 2.75) is 26.6 Å². The van der Waals surface area contributed by atoms with Crippen molar-refractivity contribution in [3.63, 3.8) is 0 Å². The molecule has 0 unspecified atom stereocenters. The lowest BCUT2D eigenvalue weighted by Crippen LogP contribution is -2.33. The topological polar surface area (TPSA) is 63.4 Å². The largest absolute Gasteiger partial charge is 0.503 e. The summed E-state index contributed by atoms with van der Waals surface area (Å²) in [5.74, 6) is 1.66. The molecule has 1 aromatic carbocycles. The van der Waals surface area contributed by atoms with Gasteiger partial charge < -0.3 is 14.4 Å². The Kier molecular flexibility index (Phi) is 4.12. The molecule has 0 saturated carbocycles. The smallest absolute Gasteiger partial charge is 0.172 e. The van der Waals surface area contributed by atoms with Gasteiger partial charge in [-0.25, -0.2) is 0 Å². The lowest BCUT2D eigenvalue weighted by molar-refractivity contribution is 0.208. The predicted octanol–water partition coefficient (Wildman–Crippen LogP) is 2.16. The van der Waals surface area contributed by atoms with E-state index in [4.69, 9.17) is 4.74 Å². The highest BCUT2D eigenvalue weighted by atomic mass is 79.9. The lowest BCUT2D eigenvalue weighted by Gasteiger charge is -2.27. The summed E-state index contributed by atoms with van der Waals surface area (Å²) in [4.78, 5) is 2.30. The van der Waals surface area contributed by atoms with Crippen molar-refractivity contribution < 1.29 is 9.84 Å². The summed E-state index contributed by atoms with van der Waals surface area (Å²) in [6, 6.07) is 3.82. The quantitative estimate of drug-likeness (QED) is 0.913. The summed E-state index contributed by atoms with van der Waals surface area (Å²) in [6.45, 7) is 5.84. The van der Waals surface area contributed by atoms with Gasteiger partial charge in [-0.3, -0.25) is 4.90 Å². The molecule has 0 radical (unpaired) electrons. The van der Waals surface area contributed by atoms with E-state index in [0.717, 1.165) is 37.6 Å². The average molecular weight is 353 g/mol. The molecule has 1 aliphatic rings. The molecule has 0 spiro atoms. The number of aromatic nitrogens is 3. The van der Waals surface area contributed by atoms with Gasteiger partial charge in [0.15, 0.2) is 11.5 Å². The highest BCUT2D eigenvalue weighted by Crippen LogP contribution is 2.36. The summed E-state index contributed by atoms with van der Waals surface area (Å²) >= 11 is 3.38. The number of rotatable bonds is 4. The van der Waals surface area contributed by atoms with Crippen molar-refractivity contribution in [2.75, 3.05) is 13.2 Å². The number of ether oxygens (including phenoxy) is 1. The highest BCUT2D eigenvalue weighted by Gasteiger charge is 2.18. The third-order valence-corrected chi connectivity index (χ3v) is 4.12. The predicted molar refractivity (Wildman–Crippen MR) is 81.1 cm³/mol. The van der Waals surface area contributed by atoms with E-state index in [0.29, 0.717) is 16.8 Å². The molecule has 2 heterocycles. The third kappa shape index (κ3) is 3.03. The van der Waals surface area contributed by atoms with Crippen LogP contribution in [0.15, 0.2) is 22.9 Å². The summed E-state index contributed by atoms with van der Waals surface area (Å²) in [5.41, 5.74) is 1.09. The van der Waals surface area contributed by atoms with Crippen LogP contribution < -0.4 is 4.74 Å². The second-order valence-corrected chi connectivity index (χ2v) is 5.86. The molecule has 7 heteroatoms. The molecule has 21 heavy (non-hydrogen) atoms. The normalized spacial score (nSPS) is 15.0. The molecule has 0 saturated heterocycles. The first kappa shape index (κ1) is 14.3. The minimum atomic E-state index is 0.152. The van der Waals surface area contributed by atoms with E-state index in [1.165, 1.54) is 0 Å². The van der Waals surface area contributed by atoms with Gasteiger partial charge in [-0.05, 0) is 40.5 Å². The van der Waals surface area contributed by atoms with Gasteiger partial charge in [0, 0.05) is 19.6 Å². The van der Waals surface area contributed by atoms with Gasteiger partial charge in [-0.1, -0.05) is 0 Å². The fourth-order valence-electron chi connectivity index (χ4n) is 2.49. The van der Waals surface area contributed by atoms with Crippen LogP contribution in [0.1, 0.15) is 18.3 Å². The fraction of sp³-hybridized carbons (Fsp3) is 0.429. The van der Waals surface area contributed by atoms with E-state index < -0.39 is 0 Å². The van der Waals surface area contributed by atoms with Crippen LogP contribution in [0.25, 0.3) is 0 Å². The number of phenols is 1. The number of hydrogen-bond donors (Lipinski definition) is 1. The maximum Gasteiger partial charge on any atom is 0.172 e. The number of nitrogens with zero attached hydrogens (tertiary/aromatic N) is 4. The highest BCUT2D eigenvalue weighted by molar-refractivity contribution is 9.10.